The molecule has 0 atom stereocenters. The lowest BCUT2D eigenvalue weighted by Gasteiger charge is -2.14. The van der Waals surface area contributed by atoms with Gasteiger partial charge >= 0.3 is 6.18 Å². The summed E-state index contributed by atoms with van der Waals surface area (Å²) in [6.07, 6.45) is -1.32. The Morgan fingerprint density at radius 3 is 2.48 bits per heavy atom. The zero-order valence-electron chi connectivity index (χ0n) is 16.3. The van der Waals surface area contributed by atoms with Gasteiger partial charge in [0.05, 0.1) is 22.2 Å². The summed E-state index contributed by atoms with van der Waals surface area (Å²) in [7, 11) is 0. The molecule has 0 unspecified atom stereocenters. The van der Waals surface area contributed by atoms with Gasteiger partial charge in [-0.05, 0) is 89.2 Å². The molecule has 4 aromatic rings. The van der Waals surface area contributed by atoms with E-state index in [9.17, 15) is 18.0 Å². The number of fused-ring (bicyclic) bond motifs is 1. The van der Waals surface area contributed by atoms with Crippen molar-refractivity contribution >= 4 is 45.6 Å². The van der Waals surface area contributed by atoms with Crippen molar-refractivity contribution in [2.75, 3.05) is 0 Å². The number of alkyl halides is 3. The summed E-state index contributed by atoms with van der Waals surface area (Å²) in [5, 5.41) is 0.469. The summed E-state index contributed by atoms with van der Waals surface area (Å²) < 4.78 is 41.6. The summed E-state index contributed by atoms with van der Waals surface area (Å²) in [6.45, 7) is 1.90. The number of benzene rings is 3. The van der Waals surface area contributed by atoms with Crippen LogP contribution in [0.2, 0.25) is 0 Å². The molecule has 3 aromatic carbocycles. The highest BCUT2D eigenvalue weighted by Gasteiger charge is 2.30. The molecule has 0 aliphatic rings. The molecular formula is C24H16F3IN2O. The Morgan fingerprint density at radius 2 is 1.74 bits per heavy atom. The molecule has 7 heteroatoms. The molecule has 0 fully saturated rings. The van der Waals surface area contributed by atoms with Gasteiger partial charge < -0.3 is 0 Å². The second-order valence-corrected chi connectivity index (χ2v) is 8.26. The topological polar surface area (TPSA) is 34.9 Å². The van der Waals surface area contributed by atoms with Crippen molar-refractivity contribution in [3.8, 4) is 5.69 Å². The van der Waals surface area contributed by atoms with Crippen LogP contribution in [0.25, 0.3) is 28.7 Å². The van der Waals surface area contributed by atoms with Crippen molar-refractivity contribution in [3.63, 3.8) is 0 Å². The van der Waals surface area contributed by atoms with E-state index in [2.05, 4.69) is 27.6 Å². The number of aryl methyl sites for hydroxylation is 1. The van der Waals surface area contributed by atoms with Crippen LogP contribution in [-0.2, 0) is 6.18 Å². The molecule has 0 amide bonds. The monoisotopic (exact) mass is 532 g/mol. The van der Waals surface area contributed by atoms with Gasteiger partial charge in [-0.3, -0.25) is 9.36 Å². The van der Waals surface area contributed by atoms with E-state index in [4.69, 9.17) is 0 Å². The number of nitrogens with zero attached hydrogens (tertiary/aromatic N) is 2. The fraction of sp³-hybridized carbons (Fsp3) is 0.0833. The first kappa shape index (κ1) is 21.3. The van der Waals surface area contributed by atoms with E-state index in [-0.39, 0.29) is 5.56 Å². The third kappa shape index (κ3) is 4.41. The van der Waals surface area contributed by atoms with E-state index in [0.717, 1.165) is 21.3 Å². The minimum Gasteiger partial charge on any atom is -0.268 e. The smallest absolute Gasteiger partial charge is 0.268 e. The van der Waals surface area contributed by atoms with Crippen molar-refractivity contribution in [1.82, 2.24) is 9.55 Å². The van der Waals surface area contributed by atoms with Crippen LogP contribution < -0.4 is 5.56 Å². The van der Waals surface area contributed by atoms with Crippen LogP contribution in [0, 0.1) is 10.5 Å². The zero-order chi connectivity index (χ0) is 22.2. The summed E-state index contributed by atoms with van der Waals surface area (Å²) in [4.78, 5) is 17.9. The number of aromatic nitrogens is 2. The first-order valence-electron chi connectivity index (χ1n) is 9.38. The Labute approximate surface area is 190 Å². The lowest BCUT2D eigenvalue weighted by atomic mass is 10.1. The van der Waals surface area contributed by atoms with Gasteiger partial charge in [0, 0.05) is 3.57 Å². The number of para-hydroxylation sites is 1. The van der Waals surface area contributed by atoms with Crippen LogP contribution in [-0.4, -0.2) is 9.55 Å². The number of rotatable bonds is 3. The second kappa shape index (κ2) is 8.30. The minimum atomic E-state index is -4.43. The van der Waals surface area contributed by atoms with Gasteiger partial charge in [0.2, 0.25) is 0 Å². The molecule has 0 bridgehead atoms. The SMILES string of the molecule is Cc1cc(I)ccc1-n1c(C=Cc2cccc(C(F)(F)F)c2)nc2ccccc2c1=O. The van der Waals surface area contributed by atoms with Gasteiger partial charge in [0.15, 0.2) is 0 Å². The summed E-state index contributed by atoms with van der Waals surface area (Å²) in [5.41, 5.74) is 1.48. The van der Waals surface area contributed by atoms with Crippen LogP contribution in [0.1, 0.15) is 22.5 Å². The fourth-order valence-electron chi connectivity index (χ4n) is 3.35. The van der Waals surface area contributed by atoms with Crippen molar-refractivity contribution < 1.29 is 13.2 Å². The standard InChI is InChI=1S/C24H16F3IN2O/c1-15-13-18(28)10-11-21(15)30-22(29-20-8-3-2-7-19(20)23(30)31)12-9-16-5-4-6-17(14-16)24(25,26)27/h2-14H,1H3. The number of hydrogen-bond donors (Lipinski definition) is 0. The van der Waals surface area contributed by atoms with E-state index < -0.39 is 11.7 Å². The van der Waals surface area contributed by atoms with Crippen LogP contribution in [0.3, 0.4) is 0 Å². The molecule has 0 saturated heterocycles. The molecule has 0 saturated carbocycles. The van der Waals surface area contributed by atoms with Gasteiger partial charge in [0.1, 0.15) is 5.82 Å². The van der Waals surface area contributed by atoms with E-state index in [0.29, 0.717) is 28.0 Å². The van der Waals surface area contributed by atoms with Crippen molar-refractivity contribution in [1.29, 1.82) is 0 Å². The molecule has 0 aliphatic carbocycles. The highest BCUT2D eigenvalue weighted by Crippen LogP contribution is 2.30. The van der Waals surface area contributed by atoms with Crippen molar-refractivity contribution in [3.05, 3.63) is 103 Å². The highest BCUT2D eigenvalue weighted by atomic mass is 127. The number of hydrogen-bond acceptors (Lipinski definition) is 2. The summed E-state index contributed by atoms with van der Waals surface area (Å²) in [6, 6.07) is 17.7. The molecule has 1 heterocycles. The largest absolute Gasteiger partial charge is 0.416 e. The highest BCUT2D eigenvalue weighted by molar-refractivity contribution is 14.1. The Balaban J connectivity index is 1.91. The Kier molecular flexibility index (Phi) is 5.70. The van der Waals surface area contributed by atoms with Crippen molar-refractivity contribution in [2.24, 2.45) is 0 Å². The van der Waals surface area contributed by atoms with Gasteiger partial charge in [0.25, 0.3) is 5.56 Å². The van der Waals surface area contributed by atoms with E-state index in [1.54, 1.807) is 36.4 Å². The molecule has 1 aromatic heterocycles. The van der Waals surface area contributed by atoms with Gasteiger partial charge in [-0.25, -0.2) is 4.98 Å². The molecule has 4 rings (SSSR count). The van der Waals surface area contributed by atoms with Crippen LogP contribution in [0.15, 0.2) is 71.5 Å². The first-order valence-corrected chi connectivity index (χ1v) is 10.5. The molecule has 0 aliphatic heterocycles. The molecule has 156 valence electrons. The maximum Gasteiger partial charge on any atom is 0.416 e. The lowest BCUT2D eigenvalue weighted by Crippen LogP contribution is -2.23. The predicted octanol–water partition coefficient (Wildman–Crippen LogP) is 6.49. The third-order valence-corrected chi connectivity index (χ3v) is 5.51. The maximum absolute atomic E-state index is 13.3. The van der Waals surface area contributed by atoms with Crippen LogP contribution in [0.5, 0.6) is 0 Å². The lowest BCUT2D eigenvalue weighted by molar-refractivity contribution is -0.137. The molecule has 31 heavy (non-hydrogen) atoms. The Morgan fingerprint density at radius 1 is 0.968 bits per heavy atom. The van der Waals surface area contributed by atoms with Gasteiger partial charge in [-0.2, -0.15) is 13.2 Å². The maximum atomic E-state index is 13.3. The molecule has 3 nitrogen and oxygen atoms in total. The van der Waals surface area contributed by atoms with Gasteiger partial charge in [-0.1, -0.05) is 30.3 Å². The molecule has 0 N–H and O–H groups in total. The average Bonchev–Trinajstić information content (AvgIpc) is 2.73. The normalized spacial score (nSPS) is 12.0. The second-order valence-electron chi connectivity index (χ2n) is 7.02. The molecule has 0 spiro atoms. The minimum absolute atomic E-state index is 0.237. The van der Waals surface area contributed by atoms with E-state index in [1.807, 2.05) is 25.1 Å². The quantitative estimate of drug-likeness (QED) is 0.283. The number of halogens is 4. The first-order chi connectivity index (χ1) is 14.7. The van der Waals surface area contributed by atoms with Crippen molar-refractivity contribution in [2.45, 2.75) is 13.1 Å². The summed E-state index contributed by atoms with van der Waals surface area (Å²) >= 11 is 2.20. The molecular weight excluding hydrogens is 516 g/mol. The third-order valence-electron chi connectivity index (χ3n) is 4.84. The van der Waals surface area contributed by atoms with Crippen LogP contribution >= 0.6 is 22.6 Å². The zero-order valence-corrected chi connectivity index (χ0v) is 18.5. The molecule has 0 radical (unpaired) electrons. The Hall–Kier alpha value is -2.94. The van der Waals surface area contributed by atoms with E-state index >= 15 is 0 Å². The van der Waals surface area contributed by atoms with E-state index in [1.165, 1.54) is 16.7 Å². The Bertz CT molecular complexity index is 1370. The summed E-state index contributed by atoms with van der Waals surface area (Å²) in [5.74, 6) is 0.338. The average molecular weight is 532 g/mol. The predicted molar refractivity (Wildman–Crippen MR) is 125 cm³/mol. The van der Waals surface area contributed by atoms with Gasteiger partial charge in [-0.15, -0.1) is 0 Å². The van der Waals surface area contributed by atoms with Crippen LogP contribution in [0.4, 0.5) is 13.2 Å². The fourth-order valence-corrected chi connectivity index (χ4v) is 4.00.